The van der Waals surface area contributed by atoms with Gasteiger partial charge in [-0.05, 0) is 12.1 Å². The molecular weight excluding hydrogens is 248 g/mol. The SMILES string of the molecule is COC(=O)c1ccccc1Oc1nccc(OC)n1. The quantitative estimate of drug-likeness (QED) is 0.784. The summed E-state index contributed by atoms with van der Waals surface area (Å²) >= 11 is 0. The molecule has 2 rings (SSSR count). The minimum Gasteiger partial charge on any atom is -0.481 e. The summed E-state index contributed by atoms with van der Waals surface area (Å²) in [4.78, 5) is 19.5. The average molecular weight is 260 g/mol. The van der Waals surface area contributed by atoms with E-state index in [1.807, 2.05) is 0 Å². The standard InChI is InChI=1S/C13H12N2O4/c1-17-11-7-8-14-13(15-11)19-10-6-4-3-5-9(10)12(16)18-2/h3-8H,1-2H3. The van der Waals surface area contributed by atoms with Gasteiger partial charge in [0.05, 0.1) is 14.2 Å². The summed E-state index contributed by atoms with van der Waals surface area (Å²) < 4.78 is 15.1. The van der Waals surface area contributed by atoms with E-state index in [0.29, 0.717) is 17.2 Å². The second-order valence-corrected chi connectivity index (χ2v) is 3.47. The van der Waals surface area contributed by atoms with Crippen LogP contribution in [0.3, 0.4) is 0 Å². The number of ether oxygens (including phenoxy) is 3. The zero-order valence-corrected chi connectivity index (χ0v) is 10.5. The third kappa shape index (κ3) is 2.98. The van der Waals surface area contributed by atoms with Crippen LogP contribution < -0.4 is 9.47 Å². The minimum absolute atomic E-state index is 0.0932. The van der Waals surface area contributed by atoms with Crippen LogP contribution in [0.1, 0.15) is 10.4 Å². The van der Waals surface area contributed by atoms with Crippen molar-refractivity contribution in [1.29, 1.82) is 0 Å². The Morgan fingerprint density at radius 3 is 2.68 bits per heavy atom. The van der Waals surface area contributed by atoms with Crippen LogP contribution in [0.5, 0.6) is 17.6 Å². The Labute approximate surface area is 110 Å². The number of nitrogens with zero attached hydrogens (tertiary/aromatic N) is 2. The summed E-state index contributed by atoms with van der Waals surface area (Å²) in [6.45, 7) is 0. The molecule has 0 bridgehead atoms. The molecule has 0 atom stereocenters. The highest BCUT2D eigenvalue weighted by Crippen LogP contribution is 2.24. The maximum atomic E-state index is 11.6. The van der Waals surface area contributed by atoms with Crippen molar-refractivity contribution in [2.75, 3.05) is 14.2 Å². The van der Waals surface area contributed by atoms with Crippen molar-refractivity contribution in [2.24, 2.45) is 0 Å². The Hall–Kier alpha value is -2.63. The molecule has 0 unspecified atom stereocenters. The van der Waals surface area contributed by atoms with Gasteiger partial charge in [-0.3, -0.25) is 0 Å². The molecule has 0 aliphatic rings. The van der Waals surface area contributed by atoms with E-state index in [2.05, 4.69) is 14.7 Å². The highest BCUT2D eigenvalue weighted by atomic mass is 16.5. The molecule has 1 aromatic carbocycles. The molecule has 19 heavy (non-hydrogen) atoms. The number of rotatable bonds is 4. The summed E-state index contributed by atoms with van der Waals surface area (Å²) in [5.74, 6) is 0.210. The molecule has 6 heteroatoms. The molecule has 0 N–H and O–H groups in total. The fourth-order valence-electron chi connectivity index (χ4n) is 1.42. The van der Waals surface area contributed by atoms with E-state index >= 15 is 0 Å². The lowest BCUT2D eigenvalue weighted by Gasteiger charge is -2.08. The number of carbonyl (C=O) groups excluding carboxylic acids is 1. The number of hydrogen-bond donors (Lipinski definition) is 0. The molecular formula is C13H12N2O4. The lowest BCUT2D eigenvalue weighted by atomic mass is 10.2. The van der Waals surface area contributed by atoms with Crippen molar-refractivity contribution < 1.29 is 19.0 Å². The molecule has 0 spiro atoms. The Balaban J connectivity index is 2.30. The van der Waals surface area contributed by atoms with E-state index in [1.54, 1.807) is 30.3 Å². The second kappa shape index (κ2) is 5.81. The summed E-state index contributed by atoms with van der Waals surface area (Å²) in [6, 6.07) is 8.37. The molecule has 1 aromatic heterocycles. The van der Waals surface area contributed by atoms with Crippen molar-refractivity contribution >= 4 is 5.97 Å². The Kier molecular flexibility index (Phi) is 3.92. The van der Waals surface area contributed by atoms with Crippen LogP contribution in [-0.4, -0.2) is 30.2 Å². The van der Waals surface area contributed by atoms with Crippen LogP contribution >= 0.6 is 0 Å². The first kappa shape index (κ1) is 12.8. The summed E-state index contributed by atoms with van der Waals surface area (Å²) in [6.07, 6.45) is 1.50. The minimum atomic E-state index is -0.488. The Morgan fingerprint density at radius 2 is 1.95 bits per heavy atom. The molecule has 2 aromatic rings. The van der Waals surface area contributed by atoms with Crippen LogP contribution in [0.25, 0.3) is 0 Å². The van der Waals surface area contributed by atoms with E-state index in [1.165, 1.54) is 20.4 Å². The monoisotopic (exact) mass is 260 g/mol. The highest BCUT2D eigenvalue weighted by molar-refractivity contribution is 5.92. The first-order valence-electron chi connectivity index (χ1n) is 5.47. The number of hydrogen-bond acceptors (Lipinski definition) is 6. The molecule has 0 aliphatic heterocycles. The van der Waals surface area contributed by atoms with Crippen molar-refractivity contribution in [3.8, 4) is 17.6 Å². The lowest BCUT2D eigenvalue weighted by Crippen LogP contribution is -2.04. The zero-order chi connectivity index (χ0) is 13.7. The van der Waals surface area contributed by atoms with Gasteiger partial charge in [0, 0.05) is 12.3 Å². The normalized spacial score (nSPS) is 9.79. The first-order chi connectivity index (χ1) is 9.24. The molecule has 0 saturated heterocycles. The number of benzene rings is 1. The van der Waals surface area contributed by atoms with Gasteiger partial charge in [-0.2, -0.15) is 4.98 Å². The third-order valence-corrected chi connectivity index (χ3v) is 2.31. The van der Waals surface area contributed by atoms with Crippen LogP contribution in [0, 0.1) is 0 Å². The topological polar surface area (TPSA) is 70.5 Å². The second-order valence-electron chi connectivity index (χ2n) is 3.47. The van der Waals surface area contributed by atoms with Gasteiger partial charge in [0.2, 0.25) is 5.88 Å². The summed E-state index contributed by atoms with van der Waals surface area (Å²) in [5, 5.41) is 0. The molecule has 0 amide bonds. The molecule has 0 radical (unpaired) electrons. The molecule has 0 saturated carbocycles. The Bertz CT molecular complexity index is 586. The van der Waals surface area contributed by atoms with Crippen molar-refractivity contribution in [1.82, 2.24) is 9.97 Å². The summed E-state index contributed by atoms with van der Waals surface area (Å²) in [7, 11) is 2.80. The van der Waals surface area contributed by atoms with Crippen molar-refractivity contribution in [2.45, 2.75) is 0 Å². The largest absolute Gasteiger partial charge is 0.481 e. The van der Waals surface area contributed by atoms with E-state index < -0.39 is 5.97 Å². The average Bonchev–Trinajstić information content (AvgIpc) is 2.47. The predicted octanol–water partition coefficient (Wildman–Crippen LogP) is 2.06. The predicted molar refractivity (Wildman–Crippen MR) is 66.4 cm³/mol. The van der Waals surface area contributed by atoms with Crippen molar-refractivity contribution in [3.63, 3.8) is 0 Å². The van der Waals surface area contributed by atoms with Gasteiger partial charge in [-0.15, -0.1) is 0 Å². The van der Waals surface area contributed by atoms with Crippen molar-refractivity contribution in [3.05, 3.63) is 42.1 Å². The zero-order valence-electron chi connectivity index (χ0n) is 10.5. The van der Waals surface area contributed by atoms with Crippen LogP contribution in [0.2, 0.25) is 0 Å². The number of para-hydroxylation sites is 1. The van der Waals surface area contributed by atoms with Gasteiger partial charge < -0.3 is 14.2 Å². The third-order valence-electron chi connectivity index (χ3n) is 2.31. The maximum absolute atomic E-state index is 11.6. The van der Waals surface area contributed by atoms with E-state index in [-0.39, 0.29) is 6.01 Å². The van der Waals surface area contributed by atoms with Gasteiger partial charge in [0.25, 0.3) is 0 Å². The summed E-state index contributed by atoms with van der Waals surface area (Å²) in [5.41, 5.74) is 0.302. The smallest absolute Gasteiger partial charge is 0.341 e. The van der Waals surface area contributed by atoms with Crippen LogP contribution in [-0.2, 0) is 4.74 Å². The molecule has 6 nitrogen and oxygen atoms in total. The maximum Gasteiger partial charge on any atom is 0.341 e. The molecule has 1 heterocycles. The van der Waals surface area contributed by atoms with Gasteiger partial charge >= 0.3 is 12.0 Å². The van der Waals surface area contributed by atoms with Gasteiger partial charge in [-0.1, -0.05) is 12.1 Å². The number of carbonyl (C=O) groups is 1. The Morgan fingerprint density at radius 1 is 1.16 bits per heavy atom. The van der Waals surface area contributed by atoms with E-state index in [4.69, 9.17) is 9.47 Å². The fraction of sp³-hybridized carbons (Fsp3) is 0.154. The van der Waals surface area contributed by atoms with E-state index in [0.717, 1.165) is 0 Å². The van der Waals surface area contributed by atoms with Gasteiger partial charge in [0.1, 0.15) is 11.3 Å². The molecule has 98 valence electrons. The highest BCUT2D eigenvalue weighted by Gasteiger charge is 2.14. The van der Waals surface area contributed by atoms with Gasteiger partial charge in [0.15, 0.2) is 0 Å². The van der Waals surface area contributed by atoms with Gasteiger partial charge in [-0.25, -0.2) is 9.78 Å². The fourth-order valence-corrected chi connectivity index (χ4v) is 1.42. The number of methoxy groups -OCH3 is 2. The first-order valence-corrected chi connectivity index (χ1v) is 5.47. The van der Waals surface area contributed by atoms with Crippen LogP contribution in [0.15, 0.2) is 36.5 Å². The number of aromatic nitrogens is 2. The molecule has 0 aliphatic carbocycles. The molecule has 0 fully saturated rings. The van der Waals surface area contributed by atoms with E-state index in [9.17, 15) is 4.79 Å². The number of esters is 1. The van der Waals surface area contributed by atoms with Crippen LogP contribution in [0.4, 0.5) is 0 Å². The lowest BCUT2D eigenvalue weighted by molar-refractivity contribution is 0.0598.